The Hall–Kier alpha value is -1.67. The number of amides is 2. The summed E-state index contributed by atoms with van der Waals surface area (Å²) in [4.78, 5) is 43.7. The lowest BCUT2D eigenvalue weighted by atomic mass is 9.90. The number of nitrogens with zero attached hydrogens (tertiary/aromatic N) is 2. The fourth-order valence-corrected chi connectivity index (χ4v) is 5.11. The molecule has 1 N–H and O–H groups in total. The van der Waals surface area contributed by atoms with Crippen LogP contribution in [0.1, 0.15) is 94.4 Å². The third kappa shape index (κ3) is 9.33. The van der Waals surface area contributed by atoms with Crippen LogP contribution in [0.3, 0.4) is 0 Å². The number of ether oxygens (including phenoxy) is 2. The van der Waals surface area contributed by atoms with Crippen LogP contribution in [-0.4, -0.2) is 84.2 Å². The standard InChI is InChI=1S/C28H53N3O5/c1-12-20(6)25(22(35-11)17-23(32)36-28(7,8)9)30(10)27(34)24(18(2)3)29-26(33)21-15-13-14-16-31(21)19(4)5/h18-22,24-25H,12-17H2,1-11H3,(H,29,33)/t20-,21+,22+,24-,25-/m0/s1. The molecule has 0 aliphatic carbocycles. The van der Waals surface area contributed by atoms with E-state index >= 15 is 0 Å². The molecular weight excluding hydrogens is 458 g/mol. The molecule has 0 spiro atoms. The van der Waals surface area contributed by atoms with Gasteiger partial charge in [-0.05, 0) is 65.8 Å². The Morgan fingerprint density at radius 1 is 1.08 bits per heavy atom. The van der Waals surface area contributed by atoms with Crippen LogP contribution in [0.25, 0.3) is 0 Å². The first-order valence-electron chi connectivity index (χ1n) is 13.7. The van der Waals surface area contributed by atoms with Crippen LogP contribution in [0.5, 0.6) is 0 Å². The Bertz CT molecular complexity index is 718. The highest BCUT2D eigenvalue weighted by Crippen LogP contribution is 2.25. The third-order valence-electron chi connectivity index (χ3n) is 7.23. The van der Waals surface area contributed by atoms with E-state index < -0.39 is 17.7 Å². The lowest BCUT2D eigenvalue weighted by Crippen LogP contribution is -2.60. The van der Waals surface area contributed by atoms with Crippen molar-refractivity contribution in [2.24, 2.45) is 11.8 Å². The zero-order chi connectivity index (χ0) is 27.8. The van der Waals surface area contributed by atoms with Gasteiger partial charge in [0, 0.05) is 20.2 Å². The largest absolute Gasteiger partial charge is 0.460 e. The summed E-state index contributed by atoms with van der Waals surface area (Å²) in [6.07, 6.45) is 3.23. The summed E-state index contributed by atoms with van der Waals surface area (Å²) >= 11 is 0. The summed E-state index contributed by atoms with van der Waals surface area (Å²) in [5.41, 5.74) is -0.598. The van der Waals surface area contributed by atoms with E-state index in [1.165, 1.54) is 0 Å². The van der Waals surface area contributed by atoms with Gasteiger partial charge in [-0.25, -0.2) is 0 Å². The number of carbonyl (C=O) groups excluding carboxylic acids is 3. The van der Waals surface area contributed by atoms with Crippen LogP contribution < -0.4 is 5.32 Å². The van der Waals surface area contributed by atoms with Gasteiger partial charge in [-0.3, -0.25) is 19.3 Å². The van der Waals surface area contributed by atoms with E-state index in [9.17, 15) is 14.4 Å². The van der Waals surface area contributed by atoms with Crippen molar-refractivity contribution in [3.05, 3.63) is 0 Å². The minimum atomic E-state index is -0.663. The monoisotopic (exact) mass is 511 g/mol. The normalized spacial score (nSPS) is 20.5. The molecule has 0 aromatic rings. The van der Waals surface area contributed by atoms with Gasteiger partial charge in [0.25, 0.3) is 0 Å². The fourth-order valence-electron chi connectivity index (χ4n) is 5.11. The van der Waals surface area contributed by atoms with E-state index in [1.54, 1.807) is 19.1 Å². The molecule has 0 radical (unpaired) electrons. The Labute approximate surface area is 219 Å². The van der Waals surface area contributed by atoms with Gasteiger partial charge in [0.15, 0.2) is 0 Å². The molecular formula is C28H53N3O5. The average molecular weight is 512 g/mol. The molecule has 8 nitrogen and oxygen atoms in total. The molecule has 5 atom stereocenters. The summed E-state index contributed by atoms with van der Waals surface area (Å²) in [6.45, 7) is 18.6. The van der Waals surface area contributed by atoms with E-state index in [2.05, 4.69) is 37.9 Å². The number of methoxy groups -OCH3 is 1. The Morgan fingerprint density at radius 3 is 2.17 bits per heavy atom. The second kappa shape index (κ2) is 14.3. The molecule has 0 bridgehead atoms. The van der Waals surface area contributed by atoms with Crippen LogP contribution >= 0.6 is 0 Å². The smallest absolute Gasteiger partial charge is 0.309 e. The van der Waals surface area contributed by atoms with Gasteiger partial charge in [-0.2, -0.15) is 0 Å². The summed E-state index contributed by atoms with van der Waals surface area (Å²) < 4.78 is 11.3. The summed E-state index contributed by atoms with van der Waals surface area (Å²) in [6, 6.07) is -0.964. The quantitative estimate of drug-likeness (QED) is 0.398. The van der Waals surface area contributed by atoms with E-state index in [0.29, 0.717) is 0 Å². The van der Waals surface area contributed by atoms with Crippen LogP contribution in [-0.2, 0) is 23.9 Å². The van der Waals surface area contributed by atoms with Gasteiger partial charge in [-0.1, -0.05) is 40.5 Å². The van der Waals surface area contributed by atoms with E-state index in [-0.39, 0.29) is 54.2 Å². The molecule has 0 aromatic carbocycles. The number of piperidine rings is 1. The van der Waals surface area contributed by atoms with Crippen molar-refractivity contribution in [1.29, 1.82) is 0 Å². The van der Waals surface area contributed by atoms with Gasteiger partial charge in [0.2, 0.25) is 11.8 Å². The Kier molecular flexibility index (Phi) is 12.9. The molecule has 1 fully saturated rings. The number of nitrogens with one attached hydrogen (secondary N) is 1. The first kappa shape index (κ1) is 32.4. The predicted octanol–water partition coefficient (Wildman–Crippen LogP) is 4.01. The number of likely N-dealkylation sites (tertiary alicyclic amines) is 1. The van der Waals surface area contributed by atoms with Crippen molar-refractivity contribution in [2.45, 2.75) is 130 Å². The average Bonchev–Trinajstić information content (AvgIpc) is 2.79. The summed E-state index contributed by atoms with van der Waals surface area (Å²) in [5.74, 6) is -0.625. The first-order chi connectivity index (χ1) is 16.6. The molecule has 1 rings (SSSR count). The van der Waals surface area contributed by atoms with E-state index in [4.69, 9.17) is 9.47 Å². The van der Waals surface area contributed by atoms with E-state index in [1.807, 2.05) is 34.6 Å². The maximum Gasteiger partial charge on any atom is 0.309 e. The molecule has 210 valence electrons. The van der Waals surface area contributed by atoms with Crippen molar-refractivity contribution < 1.29 is 23.9 Å². The number of carbonyl (C=O) groups is 3. The molecule has 1 saturated heterocycles. The number of esters is 1. The highest BCUT2D eigenvalue weighted by Gasteiger charge is 2.39. The van der Waals surface area contributed by atoms with Crippen LogP contribution in [0.4, 0.5) is 0 Å². The molecule has 0 saturated carbocycles. The highest BCUT2D eigenvalue weighted by atomic mass is 16.6. The zero-order valence-corrected chi connectivity index (χ0v) is 24.7. The van der Waals surface area contributed by atoms with Crippen LogP contribution in [0.15, 0.2) is 0 Å². The van der Waals surface area contributed by atoms with Crippen molar-refractivity contribution in [1.82, 2.24) is 15.1 Å². The van der Waals surface area contributed by atoms with E-state index in [0.717, 1.165) is 32.2 Å². The zero-order valence-electron chi connectivity index (χ0n) is 24.7. The summed E-state index contributed by atoms with van der Waals surface area (Å²) in [5, 5.41) is 3.09. The second-order valence-corrected chi connectivity index (χ2v) is 12.0. The van der Waals surface area contributed by atoms with Gasteiger partial charge >= 0.3 is 5.97 Å². The van der Waals surface area contributed by atoms with Gasteiger partial charge in [-0.15, -0.1) is 0 Å². The molecule has 1 heterocycles. The predicted molar refractivity (Wildman–Crippen MR) is 144 cm³/mol. The number of hydrogen-bond donors (Lipinski definition) is 1. The summed E-state index contributed by atoms with van der Waals surface area (Å²) in [7, 11) is 3.32. The van der Waals surface area contributed by atoms with Crippen molar-refractivity contribution in [3.63, 3.8) is 0 Å². The SMILES string of the molecule is CC[C@H](C)[C@@H]([C@@H](CC(=O)OC(C)(C)C)OC)N(C)C(=O)[C@@H](NC(=O)[C@H]1CCCCN1C(C)C)C(C)C. The Balaban J connectivity index is 3.13. The number of hydrogen-bond acceptors (Lipinski definition) is 6. The molecule has 36 heavy (non-hydrogen) atoms. The topological polar surface area (TPSA) is 88.2 Å². The number of likely N-dealkylation sites (N-methyl/N-ethyl adjacent to an activating group) is 1. The fraction of sp³-hybridized carbons (Fsp3) is 0.893. The Morgan fingerprint density at radius 2 is 1.69 bits per heavy atom. The van der Waals surface area contributed by atoms with Gasteiger partial charge in [0.05, 0.1) is 24.6 Å². The van der Waals surface area contributed by atoms with Gasteiger partial charge in [0.1, 0.15) is 11.6 Å². The molecule has 0 aromatic heterocycles. The molecule has 2 amide bonds. The number of rotatable bonds is 12. The molecule has 1 aliphatic rings. The maximum atomic E-state index is 13.8. The molecule has 8 heteroatoms. The molecule has 0 unspecified atom stereocenters. The van der Waals surface area contributed by atoms with Crippen molar-refractivity contribution in [3.8, 4) is 0 Å². The lowest BCUT2D eigenvalue weighted by molar-refractivity contribution is -0.161. The lowest BCUT2D eigenvalue weighted by Gasteiger charge is -2.41. The first-order valence-corrected chi connectivity index (χ1v) is 13.7. The minimum absolute atomic E-state index is 0.0462. The minimum Gasteiger partial charge on any atom is -0.460 e. The second-order valence-electron chi connectivity index (χ2n) is 12.0. The van der Waals surface area contributed by atoms with Crippen molar-refractivity contribution >= 4 is 17.8 Å². The van der Waals surface area contributed by atoms with Crippen molar-refractivity contribution in [2.75, 3.05) is 20.7 Å². The molecule has 1 aliphatic heterocycles. The highest BCUT2D eigenvalue weighted by molar-refractivity contribution is 5.90. The third-order valence-corrected chi connectivity index (χ3v) is 7.23. The van der Waals surface area contributed by atoms with Gasteiger partial charge < -0.3 is 19.7 Å². The van der Waals surface area contributed by atoms with Crippen LogP contribution in [0, 0.1) is 11.8 Å². The maximum absolute atomic E-state index is 13.8. The van der Waals surface area contributed by atoms with Crippen LogP contribution in [0.2, 0.25) is 0 Å².